The Labute approximate surface area is 121 Å². The average molecular weight is 290 g/mol. The predicted octanol–water partition coefficient (Wildman–Crippen LogP) is 1.69. The van der Waals surface area contributed by atoms with E-state index >= 15 is 0 Å². The molecule has 0 unspecified atom stereocenters. The summed E-state index contributed by atoms with van der Waals surface area (Å²) < 4.78 is 1.46. The van der Waals surface area contributed by atoms with E-state index in [0.717, 1.165) is 0 Å². The van der Waals surface area contributed by atoms with Gasteiger partial charge in [-0.2, -0.15) is 0 Å². The lowest BCUT2D eigenvalue weighted by Gasteiger charge is -2.20. The second kappa shape index (κ2) is 5.61. The van der Waals surface area contributed by atoms with Gasteiger partial charge in [-0.3, -0.25) is 19.5 Å². The normalized spacial score (nSPS) is 11.8. The molecule has 2 rings (SSSR count). The molecule has 0 aliphatic carbocycles. The molecular formula is C14H18N4O3. The van der Waals surface area contributed by atoms with E-state index in [2.05, 4.69) is 10.3 Å². The number of fused-ring (bicyclic) bond motifs is 1. The van der Waals surface area contributed by atoms with Crippen molar-refractivity contribution in [2.24, 2.45) is 0 Å². The highest BCUT2D eigenvalue weighted by atomic mass is 16.6. The molecule has 0 aliphatic heterocycles. The van der Waals surface area contributed by atoms with Crippen LogP contribution in [0.25, 0.3) is 10.9 Å². The molecule has 0 atom stereocenters. The largest absolute Gasteiger partial charge is 0.310 e. The van der Waals surface area contributed by atoms with Crippen LogP contribution in [0.5, 0.6) is 0 Å². The summed E-state index contributed by atoms with van der Waals surface area (Å²) in [6.45, 7) is 7.20. The lowest BCUT2D eigenvalue weighted by Crippen LogP contribution is -2.39. The zero-order valence-electron chi connectivity index (χ0n) is 12.3. The standard InChI is InChI=1S/C14H18N4O3/c1-14(2,3)16-6-7-17-9-15-12-5-4-10(18(20)21)8-11(12)13(17)19/h4-5,8-9,16H,6-7H2,1-3H3. The Bertz CT molecular complexity index is 731. The van der Waals surface area contributed by atoms with Crippen LogP contribution in [-0.2, 0) is 6.54 Å². The summed E-state index contributed by atoms with van der Waals surface area (Å²) in [7, 11) is 0. The highest BCUT2D eigenvalue weighted by molar-refractivity contribution is 5.79. The van der Waals surface area contributed by atoms with Crippen molar-refractivity contribution in [3.63, 3.8) is 0 Å². The fourth-order valence-electron chi connectivity index (χ4n) is 1.97. The molecule has 0 saturated carbocycles. The van der Waals surface area contributed by atoms with Crippen molar-refractivity contribution in [1.82, 2.24) is 14.9 Å². The first-order chi connectivity index (χ1) is 9.78. The number of non-ortho nitro benzene ring substituents is 1. The molecule has 0 saturated heterocycles. The van der Waals surface area contributed by atoms with Crippen LogP contribution in [0.15, 0.2) is 29.3 Å². The highest BCUT2D eigenvalue weighted by Crippen LogP contribution is 2.16. The zero-order chi connectivity index (χ0) is 15.6. The molecule has 1 aromatic heterocycles. The van der Waals surface area contributed by atoms with Gasteiger partial charge in [0.05, 0.1) is 22.2 Å². The van der Waals surface area contributed by atoms with Gasteiger partial charge in [0.15, 0.2) is 0 Å². The van der Waals surface area contributed by atoms with Crippen LogP contribution >= 0.6 is 0 Å². The lowest BCUT2D eigenvalue weighted by molar-refractivity contribution is -0.384. The van der Waals surface area contributed by atoms with Crippen molar-refractivity contribution in [3.8, 4) is 0 Å². The molecule has 0 bridgehead atoms. The van der Waals surface area contributed by atoms with Crippen molar-refractivity contribution in [2.45, 2.75) is 32.9 Å². The van der Waals surface area contributed by atoms with E-state index in [4.69, 9.17) is 0 Å². The Morgan fingerprint density at radius 2 is 2.10 bits per heavy atom. The van der Waals surface area contributed by atoms with E-state index in [1.165, 1.54) is 29.1 Å². The Balaban J connectivity index is 2.32. The molecule has 21 heavy (non-hydrogen) atoms. The minimum Gasteiger partial charge on any atom is -0.310 e. The second-order valence-electron chi connectivity index (χ2n) is 5.88. The van der Waals surface area contributed by atoms with Gasteiger partial charge in [-0.15, -0.1) is 0 Å². The smallest absolute Gasteiger partial charge is 0.270 e. The van der Waals surface area contributed by atoms with E-state index in [-0.39, 0.29) is 22.2 Å². The summed E-state index contributed by atoms with van der Waals surface area (Å²) in [5, 5.41) is 14.3. The maximum atomic E-state index is 12.3. The molecule has 7 heteroatoms. The van der Waals surface area contributed by atoms with E-state index in [9.17, 15) is 14.9 Å². The molecule has 0 fully saturated rings. The van der Waals surface area contributed by atoms with Gasteiger partial charge >= 0.3 is 0 Å². The average Bonchev–Trinajstić information content (AvgIpc) is 2.39. The first kappa shape index (κ1) is 15.1. The first-order valence-corrected chi connectivity index (χ1v) is 6.66. The third-order valence-corrected chi connectivity index (χ3v) is 3.03. The molecule has 0 radical (unpaired) electrons. The van der Waals surface area contributed by atoms with Crippen LogP contribution in [0.2, 0.25) is 0 Å². The van der Waals surface area contributed by atoms with Crippen LogP contribution in [-0.4, -0.2) is 26.6 Å². The van der Waals surface area contributed by atoms with Crippen molar-refractivity contribution in [2.75, 3.05) is 6.54 Å². The molecule has 1 heterocycles. The summed E-state index contributed by atoms with van der Waals surface area (Å²) in [6, 6.07) is 4.12. The number of hydrogen-bond donors (Lipinski definition) is 1. The fourth-order valence-corrected chi connectivity index (χ4v) is 1.97. The van der Waals surface area contributed by atoms with Gasteiger partial charge in [0.2, 0.25) is 0 Å². The number of nitro groups is 1. The van der Waals surface area contributed by atoms with Crippen LogP contribution in [0.1, 0.15) is 20.8 Å². The Morgan fingerprint density at radius 3 is 2.71 bits per heavy atom. The summed E-state index contributed by atoms with van der Waals surface area (Å²) in [4.78, 5) is 26.8. The fraction of sp³-hybridized carbons (Fsp3) is 0.429. The van der Waals surface area contributed by atoms with Gasteiger partial charge in [-0.05, 0) is 26.8 Å². The molecule has 1 aromatic carbocycles. The monoisotopic (exact) mass is 290 g/mol. The summed E-state index contributed by atoms with van der Waals surface area (Å²) in [5.74, 6) is 0. The summed E-state index contributed by atoms with van der Waals surface area (Å²) >= 11 is 0. The molecule has 0 amide bonds. The van der Waals surface area contributed by atoms with Crippen LogP contribution in [0.4, 0.5) is 5.69 Å². The van der Waals surface area contributed by atoms with Crippen molar-refractivity contribution in [3.05, 3.63) is 45.0 Å². The van der Waals surface area contributed by atoms with Crippen LogP contribution < -0.4 is 10.9 Å². The number of hydrogen-bond acceptors (Lipinski definition) is 5. The van der Waals surface area contributed by atoms with Crippen LogP contribution in [0.3, 0.4) is 0 Å². The second-order valence-corrected chi connectivity index (χ2v) is 5.88. The van der Waals surface area contributed by atoms with Gasteiger partial charge in [0.1, 0.15) is 0 Å². The Morgan fingerprint density at radius 1 is 1.38 bits per heavy atom. The minimum absolute atomic E-state index is 0.0350. The molecule has 0 spiro atoms. The van der Waals surface area contributed by atoms with E-state index in [1.807, 2.05) is 20.8 Å². The molecular weight excluding hydrogens is 272 g/mol. The maximum Gasteiger partial charge on any atom is 0.270 e. The SMILES string of the molecule is CC(C)(C)NCCn1cnc2ccc([N+](=O)[O-])cc2c1=O. The predicted molar refractivity (Wildman–Crippen MR) is 80.4 cm³/mol. The number of nitrogens with zero attached hydrogens (tertiary/aromatic N) is 3. The summed E-state index contributed by atoms with van der Waals surface area (Å²) in [5.41, 5.74) is 0.0594. The topological polar surface area (TPSA) is 90.1 Å². The highest BCUT2D eigenvalue weighted by Gasteiger charge is 2.12. The number of benzene rings is 1. The molecule has 2 aromatic rings. The van der Waals surface area contributed by atoms with E-state index < -0.39 is 4.92 Å². The van der Waals surface area contributed by atoms with Crippen molar-refractivity contribution in [1.29, 1.82) is 0 Å². The van der Waals surface area contributed by atoms with Crippen molar-refractivity contribution < 1.29 is 4.92 Å². The Kier molecular flexibility index (Phi) is 4.04. The van der Waals surface area contributed by atoms with Crippen molar-refractivity contribution >= 4 is 16.6 Å². The zero-order valence-corrected chi connectivity index (χ0v) is 12.3. The number of nitro benzene ring substituents is 1. The van der Waals surface area contributed by atoms with Crippen LogP contribution in [0, 0.1) is 10.1 Å². The summed E-state index contributed by atoms with van der Waals surface area (Å²) in [6.07, 6.45) is 1.47. The first-order valence-electron chi connectivity index (χ1n) is 6.66. The van der Waals surface area contributed by atoms with E-state index in [1.54, 1.807) is 0 Å². The molecule has 0 aliphatic rings. The van der Waals surface area contributed by atoms with Gasteiger partial charge in [0, 0.05) is 30.8 Å². The Hall–Kier alpha value is -2.28. The van der Waals surface area contributed by atoms with Gasteiger partial charge < -0.3 is 5.32 Å². The number of nitrogens with one attached hydrogen (secondary N) is 1. The molecule has 112 valence electrons. The quantitative estimate of drug-likeness (QED) is 0.683. The van der Waals surface area contributed by atoms with E-state index in [0.29, 0.717) is 18.6 Å². The van der Waals surface area contributed by atoms with Gasteiger partial charge in [-0.25, -0.2) is 4.98 Å². The van der Waals surface area contributed by atoms with Gasteiger partial charge in [-0.1, -0.05) is 0 Å². The van der Waals surface area contributed by atoms with Gasteiger partial charge in [0.25, 0.3) is 11.2 Å². The molecule has 1 N–H and O–H groups in total. The number of aromatic nitrogens is 2. The number of rotatable bonds is 4. The minimum atomic E-state index is -0.516. The lowest BCUT2D eigenvalue weighted by atomic mass is 10.1. The molecule has 7 nitrogen and oxygen atoms in total. The maximum absolute atomic E-state index is 12.3. The third kappa shape index (κ3) is 3.63. The third-order valence-electron chi connectivity index (χ3n) is 3.03.